The number of para-hydroxylation sites is 1. The van der Waals surface area contributed by atoms with Crippen molar-refractivity contribution in [2.45, 2.75) is 30.8 Å². The van der Waals surface area contributed by atoms with Crippen molar-refractivity contribution in [2.24, 2.45) is 4.99 Å². The van der Waals surface area contributed by atoms with Crippen molar-refractivity contribution >= 4 is 39.8 Å². The molecular weight excluding hydrogens is 489 g/mol. The van der Waals surface area contributed by atoms with Crippen molar-refractivity contribution in [3.63, 3.8) is 0 Å². The highest BCUT2D eigenvalue weighted by molar-refractivity contribution is 14.0. The zero-order valence-corrected chi connectivity index (χ0v) is 19.5. The van der Waals surface area contributed by atoms with E-state index < -0.39 is 9.84 Å². The summed E-state index contributed by atoms with van der Waals surface area (Å²) in [5.41, 5.74) is 0.993. The van der Waals surface area contributed by atoms with E-state index >= 15 is 0 Å². The fourth-order valence-corrected chi connectivity index (χ4v) is 4.28. The molecule has 2 aromatic rings. The lowest BCUT2D eigenvalue weighted by atomic mass is 10.2. The Morgan fingerprint density at radius 2 is 1.75 bits per heavy atom. The summed E-state index contributed by atoms with van der Waals surface area (Å²) in [5, 5.41) is 6.42. The topological polar surface area (TPSA) is 79.8 Å². The van der Waals surface area contributed by atoms with Crippen molar-refractivity contribution in [3.8, 4) is 5.75 Å². The molecule has 0 radical (unpaired) electrons. The van der Waals surface area contributed by atoms with Crippen molar-refractivity contribution in [1.29, 1.82) is 0 Å². The molecule has 0 bridgehead atoms. The third-order valence-corrected chi connectivity index (χ3v) is 6.05. The maximum atomic E-state index is 12.6. The van der Waals surface area contributed by atoms with Crippen LogP contribution in [0.3, 0.4) is 0 Å². The van der Waals surface area contributed by atoms with Crippen LogP contribution in [0.15, 0.2) is 64.5 Å². The lowest BCUT2D eigenvalue weighted by Crippen LogP contribution is -2.45. The minimum Gasteiger partial charge on any atom is -0.496 e. The molecule has 2 N–H and O–H groups in total. The molecule has 1 unspecified atom stereocenters. The average Bonchev–Trinajstić information content (AvgIpc) is 2.71. The largest absolute Gasteiger partial charge is 0.496 e. The highest BCUT2D eigenvalue weighted by atomic mass is 127. The van der Waals surface area contributed by atoms with E-state index in [0.29, 0.717) is 23.8 Å². The van der Waals surface area contributed by atoms with Crippen molar-refractivity contribution in [3.05, 3.63) is 60.2 Å². The quantitative estimate of drug-likeness (QED) is 0.320. The van der Waals surface area contributed by atoms with Gasteiger partial charge >= 0.3 is 0 Å². The van der Waals surface area contributed by atoms with Crippen LogP contribution in [0.4, 0.5) is 0 Å². The molecule has 8 heteroatoms. The molecule has 0 fully saturated rings. The van der Waals surface area contributed by atoms with Crippen LogP contribution in [0.2, 0.25) is 0 Å². The number of hydrogen-bond acceptors (Lipinski definition) is 4. The van der Waals surface area contributed by atoms with Gasteiger partial charge in [0.15, 0.2) is 15.8 Å². The number of halogens is 1. The van der Waals surface area contributed by atoms with Gasteiger partial charge in [0, 0.05) is 25.2 Å². The van der Waals surface area contributed by atoms with E-state index in [1.54, 1.807) is 44.5 Å². The Labute approximate surface area is 184 Å². The molecule has 1 atom stereocenters. The molecule has 0 amide bonds. The van der Waals surface area contributed by atoms with Crippen molar-refractivity contribution in [1.82, 2.24) is 10.6 Å². The van der Waals surface area contributed by atoms with Crippen LogP contribution >= 0.6 is 24.0 Å². The Balaban J connectivity index is 0.00000392. The van der Waals surface area contributed by atoms with Gasteiger partial charge in [0.2, 0.25) is 0 Å². The first kappa shape index (κ1) is 24.2. The van der Waals surface area contributed by atoms with Gasteiger partial charge in [0.25, 0.3) is 0 Å². The molecule has 0 heterocycles. The number of nitrogens with one attached hydrogen (secondary N) is 2. The Morgan fingerprint density at radius 1 is 1.11 bits per heavy atom. The van der Waals surface area contributed by atoms with Crippen LogP contribution in [0, 0.1) is 0 Å². The Morgan fingerprint density at radius 3 is 2.36 bits per heavy atom. The minimum atomic E-state index is -3.37. The van der Waals surface area contributed by atoms with Crippen LogP contribution < -0.4 is 15.4 Å². The molecule has 0 aliphatic rings. The number of nitrogens with zero attached hydrogens (tertiary/aromatic N) is 1. The summed E-state index contributed by atoms with van der Waals surface area (Å²) in [6.07, 6.45) is 0.654. The van der Waals surface area contributed by atoms with Gasteiger partial charge in [-0.05, 0) is 24.6 Å². The van der Waals surface area contributed by atoms with E-state index in [-0.39, 0.29) is 35.8 Å². The molecule has 28 heavy (non-hydrogen) atoms. The van der Waals surface area contributed by atoms with Crippen LogP contribution in [-0.4, -0.2) is 40.3 Å². The van der Waals surface area contributed by atoms with Gasteiger partial charge in [0.05, 0.1) is 17.8 Å². The number of guanidine groups is 1. The Bertz CT molecular complexity index is 858. The predicted octanol–water partition coefficient (Wildman–Crippen LogP) is 3.23. The van der Waals surface area contributed by atoms with Gasteiger partial charge in [-0.1, -0.05) is 43.3 Å². The zero-order valence-electron chi connectivity index (χ0n) is 16.4. The second-order valence-electron chi connectivity index (χ2n) is 6.08. The fraction of sp³-hybridized carbons (Fsp3) is 0.350. The summed E-state index contributed by atoms with van der Waals surface area (Å²) in [4.78, 5) is 4.54. The summed E-state index contributed by atoms with van der Waals surface area (Å²) in [6.45, 7) is 2.47. The Hall–Kier alpha value is -1.81. The molecule has 0 spiro atoms. The van der Waals surface area contributed by atoms with Gasteiger partial charge in [0.1, 0.15) is 5.75 Å². The second kappa shape index (κ2) is 11.9. The lowest BCUT2D eigenvalue weighted by Gasteiger charge is -2.21. The number of sulfone groups is 1. The maximum Gasteiger partial charge on any atom is 0.191 e. The van der Waals surface area contributed by atoms with Crippen LogP contribution in [-0.2, 0) is 16.4 Å². The smallest absolute Gasteiger partial charge is 0.191 e. The number of ether oxygens (including phenoxy) is 1. The highest BCUT2D eigenvalue weighted by Crippen LogP contribution is 2.16. The van der Waals surface area contributed by atoms with Gasteiger partial charge in [-0.25, -0.2) is 8.42 Å². The monoisotopic (exact) mass is 517 g/mol. The fourth-order valence-electron chi connectivity index (χ4n) is 2.67. The molecule has 0 aliphatic carbocycles. The van der Waals surface area contributed by atoms with E-state index in [0.717, 1.165) is 11.3 Å². The normalized spacial score (nSPS) is 12.6. The predicted molar refractivity (Wildman–Crippen MR) is 124 cm³/mol. The van der Waals surface area contributed by atoms with Crippen molar-refractivity contribution < 1.29 is 13.2 Å². The van der Waals surface area contributed by atoms with Gasteiger partial charge in [-0.2, -0.15) is 0 Å². The summed E-state index contributed by atoms with van der Waals surface area (Å²) >= 11 is 0. The van der Waals surface area contributed by atoms with Gasteiger partial charge in [-0.3, -0.25) is 4.99 Å². The maximum absolute atomic E-state index is 12.6. The summed E-state index contributed by atoms with van der Waals surface area (Å²) in [5.74, 6) is 1.35. The molecule has 0 saturated heterocycles. The molecular formula is C20H28IN3O3S. The van der Waals surface area contributed by atoms with E-state index in [9.17, 15) is 8.42 Å². The number of hydrogen-bond donors (Lipinski definition) is 2. The molecule has 2 aromatic carbocycles. The minimum absolute atomic E-state index is 0. The first-order chi connectivity index (χ1) is 13.0. The standard InChI is InChI=1S/C20H27N3O3S.HI/c1-4-17(15-27(24,25)18-11-6-5-7-12-18)23-20(21-2)22-14-16-10-8-9-13-19(16)26-3;/h5-13,17H,4,14-15H2,1-3H3,(H2,21,22,23);1H. The van der Waals surface area contributed by atoms with E-state index in [4.69, 9.17) is 4.74 Å². The lowest BCUT2D eigenvalue weighted by molar-refractivity contribution is 0.409. The second-order valence-corrected chi connectivity index (χ2v) is 8.12. The van der Waals surface area contributed by atoms with E-state index in [1.165, 1.54) is 0 Å². The van der Waals surface area contributed by atoms with Crippen LogP contribution in [0.5, 0.6) is 5.75 Å². The summed E-state index contributed by atoms with van der Waals surface area (Å²) < 4.78 is 30.6. The van der Waals surface area contributed by atoms with Crippen molar-refractivity contribution in [2.75, 3.05) is 19.9 Å². The molecule has 0 aromatic heterocycles. The number of methoxy groups -OCH3 is 1. The number of benzene rings is 2. The van der Waals surface area contributed by atoms with Crippen LogP contribution in [0.25, 0.3) is 0 Å². The van der Waals surface area contributed by atoms with E-state index in [1.807, 2.05) is 31.2 Å². The number of aliphatic imine (C=N–C) groups is 1. The SMILES string of the molecule is CCC(CS(=O)(=O)c1ccccc1)NC(=NC)NCc1ccccc1OC.I. The molecule has 0 saturated carbocycles. The van der Waals surface area contributed by atoms with Gasteiger partial charge in [-0.15, -0.1) is 24.0 Å². The van der Waals surface area contributed by atoms with E-state index in [2.05, 4.69) is 15.6 Å². The van der Waals surface area contributed by atoms with Crippen LogP contribution in [0.1, 0.15) is 18.9 Å². The third-order valence-electron chi connectivity index (χ3n) is 4.22. The first-order valence-corrected chi connectivity index (χ1v) is 10.5. The average molecular weight is 517 g/mol. The molecule has 6 nitrogen and oxygen atoms in total. The summed E-state index contributed by atoms with van der Waals surface area (Å²) in [7, 11) is -0.0734. The highest BCUT2D eigenvalue weighted by Gasteiger charge is 2.21. The molecule has 2 rings (SSSR count). The third kappa shape index (κ3) is 6.97. The zero-order chi connectivity index (χ0) is 19.7. The molecule has 154 valence electrons. The number of rotatable bonds is 8. The summed E-state index contributed by atoms with van der Waals surface area (Å²) in [6, 6.07) is 16.0. The first-order valence-electron chi connectivity index (χ1n) is 8.87. The van der Waals surface area contributed by atoms with Gasteiger partial charge < -0.3 is 15.4 Å². The Kier molecular flexibility index (Phi) is 10.3. The molecule has 0 aliphatic heterocycles.